The van der Waals surface area contributed by atoms with Crippen LogP contribution in [-0.2, 0) is 0 Å². The third kappa shape index (κ3) is 11.8. The summed E-state index contributed by atoms with van der Waals surface area (Å²) < 4.78 is 0. The molecule has 1 unspecified atom stereocenters. The lowest BCUT2D eigenvalue weighted by atomic mass is 10.1. The van der Waals surface area contributed by atoms with Crippen LogP contribution in [-0.4, -0.2) is 29.8 Å². The van der Waals surface area contributed by atoms with Gasteiger partial charge >= 0.3 is 0 Å². The lowest BCUT2D eigenvalue weighted by Gasteiger charge is -2.28. The quantitative estimate of drug-likeness (QED) is 0.324. The van der Waals surface area contributed by atoms with E-state index in [2.05, 4.69) is 38.3 Å². The van der Waals surface area contributed by atoms with E-state index >= 15 is 0 Å². The molecule has 0 aromatic carbocycles. The largest absolute Gasteiger partial charge is 0.301 e. The second-order valence-electron chi connectivity index (χ2n) is 5.85. The Morgan fingerprint density at radius 2 is 1.32 bits per heavy atom. The zero-order valence-electron chi connectivity index (χ0n) is 13.7. The Morgan fingerprint density at radius 3 is 1.84 bits per heavy atom. The standard InChI is InChI=1S/C17H37NS/c1-4-6-14-18(17(3)5-2)15-12-10-8-7-9-11-13-16-19/h17,19H,4-16H2,1-3H3. The van der Waals surface area contributed by atoms with Crippen molar-refractivity contribution < 1.29 is 0 Å². The molecular weight excluding hydrogens is 250 g/mol. The van der Waals surface area contributed by atoms with Gasteiger partial charge in [-0.2, -0.15) is 12.6 Å². The normalized spacial score (nSPS) is 13.1. The van der Waals surface area contributed by atoms with Gasteiger partial charge in [0.05, 0.1) is 0 Å². The van der Waals surface area contributed by atoms with Gasteiger partial charge in [0.2, 0.25) is 0 Å². The van der Waals surface area contributed by atoms with Gasteiger partial charge in [-0.25, -0.2) is 0 Å². The van der Waals surface area contributed by atoms with Crippen LogP contribution < -0.4 is 0 Å². The Morgan fingerprint density at radius 1 is 0.789 bits per heavy atom. The van der Waals surface area contributed by atoms with Gasteiger partial charge in [0.15, 0.2) is 0 Å². The minimum absolute atomic E-state index is 0.766. The molecule has 2 heteroatoms. The minimum atomic E-state index is 0.766. The molecule has 0 N–H and O–H groups in total. The van der Waals surface area contributed by atoms with Gasteiger partial charge < -0.3 is 4.90 Å². The van der Waals surface area contributed by atoms with Gasteiger partial charge in [0.1, 0.15) is 0 Å². The van der Waals surface area contributed by atoms with Crippen LogP contribution in [0.15, 0.2) is 0 Å². The van der Waals surface area contributed by atoms with Gasteiger partial charge in [-0.05, 0) is 51.4 Å². The van der Waals surface area contributed by atoms with Crippen molar-refractivity contribution in [3.63, 3.8) is 0 Å². The van der Waals surface area contributed by atoms with Crippen LogP contribution in [0.5, 0.6) is 0 Å². The number of nitrogens with zero attached hydrogens (tertiary/aromatic N) is 1. The van der Waals surface area contributed by atoms with Crippen molar-refractivity contribution in [1.82, 2.24) is 4.90 Å². The maximum atomic E-state index is 4.25. The van der Waals surface area contributed by atoms with Crippen LogP contribution in [0.1, 0.15) is 85.0 Å². The van der Waals surface area contributed by atoms with E-state index in [9.17, 15) is 0 Å². The van der Waals surface area contributed by atoms with Crippen molar-refractivity contribution >= 4 is 12.6 Å². The topological polar surface area (TPSA) is 3.24 Å². The highest BCUT2D eigenvalue weighted by Crippen LogP contribution is 2.11. The van der Waals surface area contributed by atoms with Crippen molar-refractivity contribution in [2.45, 2.75) is 91.0 Å². The van der Waals surface area contributed by atoms with Crippen molar-refractivity contribution in [2.24, 2.45) is 0 Å². The molecule has 0 rings (SSSR count). The summed E-state index contributed by atoms with van der Waals surface area (Å²) >= 11 is 4.25. The fourth-order valence-electron chi connectivity index (χ4n) is 2.48. The van der Waals surface area contributed by atoms with Crippen LogP contribution in [0.2, 0.25) is 0 Å². The van der Waals surface area contributed by atoms with Gasteiger partial charge in [-0.15, -0.1) is 0 Å². The molecule has 0 aliphatic carbocycles. The summed E-state index contributed by atoms with van der Waals surface area (Å²) in [6, 6.07) is 0.766. The number of unbranched alkanes of at least 4 members (excludes halogenated alkanes) is 7. The fourth-order valence-corrected chi connectivity index (χ4v) is 2.71. The lowest BCUT2D eigenvalue weighted by molar-refractivity contribution is 0.196. The molecule has 116 valence electrons. The summed E-state index contributed by atoms with van der Waals surface area (Å²) in [4.78, 5) is 2.70. The lowest BCUT2D eigenvalue weighted by Crippen LogP contribution is -2.34. The molecule has 1 atom stereocenters. The van der Waals surface area contributed by atoms with Crippen molar-refractivity contribution in [3.8, 4) is 0 Å². The predicted molar refractivity (Wildman–Crippen MR) is 92.4 cm³/mol. The molecule has 0 aromatic heterocycles. The molecule has 0 bridgehead atoms. The predicted octanol–water partition coefficient (Wildman–Crippen LogP) is 5.55. The number of hydrogen-bond acceptors (Lipinski definition) is 2. The van der Waals surface area contributed by atoms with Crippen molar-refractivity contribution in [1.29, 1.82) is 0 Å². The van der Waals surface area contributed by atoms with Crippen molar-refractivity contribution in [2.75, 3.05) is 18.8 Å². The Balaban J connectivity index is 3.52. The SMILES string of the molecule is CCCCN(CCCCCCCCCS)C(C)CC. The Labute approximate surface area is 127 Å². The number of hydrogen-bond donors (Lipinski definition) is 1. The summed E-state index contributed by atoms with van der Waals surface area (Å²) in [5.41, 5.74) is 0. The molecule has 19 heavy (non-hydrogen) atoms. The highest BCUT2D eigenvalue weighted by Gasteiger charge is 2.10. The molecule has 1 nitrogen and oxygen atoms in total. The maximum absolute atomic E-state index is 4.25. The third-order valence-corrected chi connectivity index (χ3v) is 4.43. The first-order chi connectivity index (χ1) is 9.26. The zero-order valence-corrected chi connectivity index (χ0v) is 14.6. The van der Waals surface area contributed by atoms with E-state index in [0.29, 0.717) is 0 Å². The number of rotatable bonds is 14. The molecule has 0 fully saturated rings. The summed E-state index contributed by atoms with van der Waals surface area (Å²) in [5.74, 6) is 1.06. The van der Waals surface area contributed by atoms with Gasteiger partial charge in [0.25, 0.3) is 0 Å². The van der Waals surface area contributed by atoms with Crippen LogP contribution >= 0.6 is 12.6 Å². The monoisotopic (exact) mass is 287 g/mol. The highest BCUT2D eigenvalue weighted by atomic mass is 32.1. The minimum Gasteiger partial charge on any atom is -0.301 e. The molecule has 0 aliphatic heterocycles. The summed E-state index contributed by atoms with van der Waals surface area (Å²) in [6.07, 6.45) is 13.7. The van der Waals surface area contributed by atoms with E-state index < -0.39 is 0 Å². The first-order valence-electron chi connectivity index (χ1n) is 8.61. The molecular formula is C17H37NS. The molecule has 0 saturated carbocycles. The van der Waals surface area contributed by atoms with Crippen LogP contribution in [0, 0.1) is 0 Å². The first kappa shape index (κ1) is 19.3. The molecule has 0 radical (unpaired) electrons. The molecule has 0 saturated heterocycles. The highest BCUT2D eigenvalue weighted by molar-refractivity contribution is 7.80. The van der Waals surface area contributed by atoms with E-state index in [4.69, 9.17) is 0 Å². The first-order valence-corrected chi connectivity index (χ1v) is 9.24. The average Bonchev–Trinajstić information content (AvgIpc) is 2.44. The number of thiol groups is 1. The van der Waals surface area contributed by atoms with Gasteiger partial charge in [-0.3, -0.25) is 0 Å². The molecule has 0 amide bonds. The summed E-state index contributed by atoms with van der Waals surface area (Å²) in [6.45, 7) is 9.59. The molecule has 0 spiro atoms. The smallest absolute Gasteiger partial charge is 0.00643 e. The second kappa shape index (κ2) is 14.7. The van der Waals surface area contributed by atoms with Crippen LogP contribution in [0.25, 0.3) is 0 Å². The second-order valence-corrected chi connectivity index (χ2v) is 6.29. The average molecular weight is 288 g/mol. The third-order valence-electron chi connectivity index (χ3n) is 4.12. The van der Waals surface area contributed by atoms with Crippen LogP contribution in [0.3, 0.4) is 0 Å². The molecule has 0 aromatic rings. The van der Waals surface area contributed by atoms with Crippen LogP contribution in [0.4, 0.5) is 0 Å². The van der Waals surface area contributed by atoms with E-state index in [1.54, 1.807) is 0 Å². The van der Waals surface area contributed by atoms with Gasteiger partial charge in [0, 0.05) is 6.04 Å². The van der Waals surface area contributed by atoms with E-state index in [-0.39, 0.29) is 0 Å². The molecule has 0 aliphatic rings. The maximum Gasteiger partial charge on any atom is 0.00643 e. The molecule has 0 heterocycles. The van der Waals surface area contributed by atoms with E-state index in [1.165, 1.54) is 77.3 Å². The fraction of sp³-hybridized carbons (Fsp3) is 1.00. The summed E-state index contributed by atoms with van der Waals surface area (Å²) in [7, 11) is 0. The Kier molecular flexibility index (Phi) is 15.0. The van der Waals surface area contributed by atoms with E-state index in [1.807, 2.05) is 0 Å². The zero-order chi connectivity index (χ0) is 14.3. The van der Waals surface area contributed by atoms with Gasteiger partial charge in [-0.1, -0.05) is 52.4 Å². The summed E-state index contributed by atoms with van der Waals surface area (Å²) in [5, 5.41) is 0. The van der Waals surface area contributed by atoms with Crippen molar-refractivity contribution in [3.05, 3.63) is 0 Å². The van der Waals surface area contributed by atoms with E-state index in [0.717, 1.165) is 11.8 Å². The Bertz CT molecular complexity index is 173. The Hall–Kier alpha value is 0.310.